The Morgan fingerprint density at radius 2 is 1.78 bits per heavy atom. The number of hydrogen-bond acceptors (Lipinski definition) is 3. The zero-order chi connectivity index (χ0) is 13.2. The van der Waals surface area contributed by atoms with Crippen LogP contribution in [0, 0.1) is 0 Å². The van der Waals surface area contributed by atoms with Crippen LogP contribution >= 0.6 is 0 Å². The molecule has 2 aromatic carbocycles. The van der Waals surface area contributed by atoms with Crippen LogP contribution in [0.5, 0.6) is 0 Å². The van der Waals surface area contributed by atoms with E-state index in [4.69, 9.17) is 4.18 Å². The minimum atomic E-state index is -3.68. The van der Waals surface area contributed by atoms with Gasteiger partial charge in [0.25, 0.3) is 10.1 Å². The summed E-state index contributed by atoms with van der Waals surface area (Å²) < 4.78 is 29.3. The number of hydrogen-bond donors (Lipinski definition) is 0. The monoisotopic (exact) mass is 264 g/mol. The van der Waals surface area contributed by atoms with Gasteiger partial charge in [-0.15, -0.1) is 0 Å². The molecule has 0 amide bonds. The molecule has 0 aliphatic heterocycles. The van der Waals surface area contributed by atoms with Crippen molar-refractivity contribution in [3.63, 3.8) is 0 Å². The SMILES string of the molecule is CCOS(=O)(=O)c1c(CC)ccc2ccccc12. The van der Waals surface area contributed by atoms with Crippen LogP contribution in [0.15, 0.2) is 41.3 Å². The largest absolute Gasteiger partial charge is 0.297 e. The smallest absolute Gasteiger partial charge is 0.267 e. The van der Waals surface area contributed by atoms with Gasteiger partial charge >= 0.3 is 0 Å². The van der Waals surface area contributed by atoms with Crippen LogP contribution in [0.4, 0.5) is 0 Å². The summed E-state index contributed by atoms with van der Waals surface area (Å²) in [6.45, 7) is 3.76. The number of fused-ring (bicyclic) bond motifs is 1. The lowest BCUT2D eigenvalue weighted by Gasteiger charge is -2.12. The van der Waals surface area contributed by atoms with Crippen LogP contribution < -0.4 is 0 Å². The fourth-order valence-electron chi connectivity index (χ4n) is 2.08. The van der Waals surface area contributed by atoms with E-state index in [2.05, 4.69) is 0 Å². The number of benzene rings is 2. The van der Waals surface area contributed by atoms with Gasteiger partial charge < -0.3 is 0 Å². The summed E-state index contributed by atoms with van der Waals surface area (Å²) in [6.07, 6.45) is 0.659. The molecule has 0 atom stereocenters. The molecule has 0 saturated heterocycles. The minimum absolute atomic E-state index is 0.148. The van der Waals surface area contributed by atoms with Gasteiger partial charge in [0.05, 0.1) is 6.61 Å². The van der Waals surface area contributed by atoms with E-state index in [1.807, 2.05) is 43.3 Å². The predicted octanol–water partition coefficient (Wildman–Crippen LogP) is 3.13. The molecule has 0 heterocycles. The molecule has 0 aromatic heterocycles. The molecule has 0 aliphatic carbocycles. The van der Waals surface area contributed by atoms with Crippen molar-refractivity contribution in [2.45, 2.75) is 25.2 Å². The summed E-state index contributed by atoms with van der Waals surface area (Å²) in [5.74, 6) is 0. The maximum absolute atomic E-state index is 12.2. The van der Waals surface area contributed by atoms with Gasteiger partial charge in [-0.1, -0.05) is 43.3 Å². The average molecular weight is 264 g/mol. The van der Waals surface area contributed by atoms with E-state index in [0.717, 1.165) is 16.3 Å². The van der Waals surface area contributed by atoms with Gasteiger partial charge in [0.15, 0.2) is 0 Å². The van der Waals surface area contributed by atoms with Crippen LogP contribution in [0.1, 0.15) is 19.4 Å². The van der Waals surface area contributed by atoms with Gasteiger partial charge in [0.1, 0.15) is 4.90 Å². The van der Waals surface area contributed by atoms with Crippen molar-refractivity contribution in [1.29, 1.82) is 0 Å². The molecule has 0 spiro atoms. The highest BCUT2D eigenvalue weighted by Crippen LogP contribution is 2.28. The highest BCUT2D eigenvalue weighted by Gasteiger charge is 2.21. The van der Waals surface area contributed by atoms with E-state index in [1.165, 1.54) is 0 Å². The molecular weight excluding hydrogens is 248 g/mol. The van der Waals surface area contributed by atoms with E-state index in [0.29, 0.717) is 11.3 Å². The molecule has 0 bridgehead atoms. The predicted molar refractivity (Wildman–Crippen MR) is 72.1 cm³/mol. The minimum Gasteiger partial charge on any atom is -0.267 e. The van der Waals surface area contributed by atoms with Crippen molar-refractivity contribution in [3.05, 3.63) is 42.0 Å². The Bertz CT molecular complexity index is 660. The maximum Gasteiger partial charge on any atom is 0.297 e. The first-order valence-electron chi connectivity index (χ1n) is 6.00. The van der Waals surface area contributed by atoms with Crippen LogP contribution in [-0.2, 0) is 20.7 Å². The normalized spacial score (nSPS) is 11.9. The average Bonchev–Trinajstić information content (AvgIpc) is 2.37. The molecule has 3 nitrogen and oxygen atoms in total. The molecular formula is C14H16O3S. The van der Waals surface area contributed by atoms with Gasteiger partial charge in [-0.05, 0) is 24.3 Å². The Kier molecular flexibility index (Phi) is 3.68. The zero-order valence-electron chi connectivity index (χ0n) is 10.5. The third-order valence-electron chi connectivity index (χ3n) is 2.87. The first-order chi connectivity index (χ1) is 8.60. The van der Waals surface area contributed by atoms with E-state index in [9.17, 15) is 8.42 Å². The van der Waals surface area contributed by atoms with Crippen molar-refractivity contribution in [3.8, 4) is 0 Å². The molecule has 0 saturated carbocycles. The zero-order valence-corrected chi connectivity index (χ0v) is 11.3. The van der Waals surface area contributed by atoms with Crippen molar-refractivity contribution >= 4 is 20.9 Å². The van der Waals surface area contributed by atoms with E-state index >= 15 is 0 Å². The maximum atomic E-state index is 12.2. The van der Waals surface area contributed by atoms with Gasteiger partial charge in [-0.25, -0.2) is 0 Å². The van der Waals surface area contributed by atoms with E-state index < -0.39 is 10.1 Å². The standard InChI is InChI=1S/C14H16O3S/c1-3-11-9-10-12-7-5-6-8-13(12)14(11)18(15,16)17-4-2/h5-10H,3-4H2,1-2H3. The van der Waals surface area contributed by atoms with Crippen LogP contribution in [0.2, 0.25) is 0 Å². The summed E-state index contributed by atoms with van der Waals surface area (Å²) in [5.41, 5.74) is 0.794. The third kappa shape index (κ3) is 2.26. The van der Waals surface area contributed by atoms with E-state index in [-0.39, 0.29) is 6.61 Å². The third-order valence-corrected chi connectivity index (χ3v) is 4.39. The number of aryl methyl sites for hydroxylation is 1. The van der Waals surface area contributed by atoms with Crippen molar-refractivity contribution in [2.75, 3.05) is 6.61 Å². The van der Waals surface area contributed by atoms with Crippen LogP contribution in [0.3, 0.4) is 0 Å². The molecule has 4 heteroatoms. The molecule has 0 unspecified atom stereocenters. The van der Waals surface area contributed by atoms with Crippen molar-refractivity contribution < 1.29 is 12.6 Å². The fraction of sp³-hybridized carbons (Fsp3) is 0.286. The summed E-state index contributed by atoms with van der Waals surface area (Å²) in [5, 5.41) is 1.64. The first-order valence-corrected chi connectivity index (χ1v) is 7.41. The van der Waals surface area contributed by atoms with Gasteiger partial charge in [-0.3, -0.25) is 4.18 Å². The summed E-state index contributed by atoms with van der Waals surface area (Å²) in [4.78, 5) is 0.310. The van der Waals surface area contributed by atoms with Gasteiger partial charge in [0.2, 0.25) is 0 Å². The van der Waals surface area contributed by atoms with Crippen molar-refractivity contribution in [1.82, 2.24) is 0 Å². The molecule has 0 fully saturated rings. The fourth-order valence-corrected chi connectivity index (χ4v) is 3.49. The second kappa shape index (κ2) is 5.08. The molecule has 2 rings (SSSR count). The Balaban J connectivity index is 2.81. The second-order valence-electron chi connectivity index (χ2n) is 3.99. The number of rotatable bonds is 4. The molecule has 96 valence electrons. The summed E-state index contributed by atoms with van der Waals surface area (Å²) in [7, 11) is -3.68. The van der Waals surface area contributed by atoms with Crippen LogP contribution in [-0.4, -0.2) is 15.0 Å². The lowest BCUT2D eigenvalue weighted by Crippen LogP contribution is -2.09. The summed E-state index contributed by atoms with van der Waals surface area (Å²) >= 11 is 0. The first kappa shape index (κ1) is 13.1. The highest BCUT2D eigenvalue weighted by atomic mass is 32.2. The topological polar surface area (TPSA) is 43.4 Å². The lowest BCUT2D eigenvalue weighted by atomic mass is 10.1. The Hall–Kier alpha value is -1.39. The molecule has 18 heavy (non-hydrogen) atoms. The lowest BCUT2D eigenvalue weighted by molar-refractivity contribution is 0.338. The Morgan fingerprint density at radius 1 is 1.06 bits per heavy atom. The van der Waals surface area contributed by atoms with E-state index in [1.54, 1.807) is 6.92 Å². The Morgan fingerprint density at radius 3 is 2.44 bits per heavy atom. The van der Waals surface area contributed by atoms with Gasteiger partial charge in [0, 0.05) is 5.39 Å². The van der Waals surface area contributed by atoms with Crippen molar-refractivity contribution in [2.24, 2.45) is 0 Å². The summed E-state index contributed by atoms with van der Waals surface area (Å²) in [6, 6.07) is 11.3. The molecule has 0 N–H and O–H groups in total. The molecule has 2 aromatic rings. The second-order valence-corrected chi connectivity index (χ2v) is 5.54. The quantitative estimate of drug-likeness (QED) is 0.797. The molecule has 0 radical (unpaired) electrons. The highest BCUT2D eigenvalue weighted by molar-refractivity contribution is 7.87. The Labute approximate surface area is 108 Å². The van der Waals surface area contributed by atoms with Crippen LogP contribution in [0.25, 0.3) is 10.8 Å². The van der Waals surface area contributed by atoms with Gasteiger partial charge in [-0.2, -0.15) is 8.42 Å². The molecule has 0 aliphatic rings.